The maximum atomic E-state index is 14.3. The lowest BCUT2D eigenvalue weighted by Crippen LogP contribution is -2.46. The summed E-state index contributed by atoms with van der Waals surface area (Å²) in [6, 6.07) is 5.26. The second kappa shape index (κ2) is 10.7. The number of carbonyl (C=O) groups excluding carboxylic acids is 3. The van der Waals surface area contributed by atoms with E-state index in [1.807, 2.05) is 12.1 Å². The zero-order valence-electron chi connectivity index (χ0n) is 22.5. The molecule has 0 spiro atoms. The number of carbonyl (C=O) groups is 3. The molecule has 0 radical (unpaired) electrons. The Morgan fingerprint density at radius 2 is 1.86 bits per heavy atom. The van der Waals surface area contributed by atoms with Crippen LogP contribution in [-0.2, 0) is 14.3 Å². The third kappa shape index (κ3) is 5.28. The van der Waals surface area contributed by atoms with Gasteiger partial charge in [0.1, 0.15) is 12.6 Å². The lowest BCUT2D eigenvalue weighted by Gasteiger charge is -2.36. The van der Waals surface area contributed by atoms with Crippen LogP contribution in [0.5, 0.6) is 0 Å². The van der Waals surface area contributed by atoms with Gasteiger partial charge in [0.05, 0.1) is 12.0 Å². The molecule has 1 aliphatic carbocycles. The molecular formula is C29H42N4O4. The molecular weight excluding hydrogens is 468 g/mol. The van der Waals surface area contributed by atoms with E-state index in [1.165, 1.54) is 0 Å². The van der Waals surface area contributed by atoms with Crippen molar-refractivity contribution in [3.8, 4) is 0 Å². The first-order valence-electron chi connectivity index (χ1n) is 14.1. The van der Waals surface area contributed by atoms with Gasteiger partial charge in [0.2, 0.25) is 11.8 Å². The molecule has 3 heterocycles. The monoisotopic (exact) mass is 510 g/mol. The highest BCUT2D eigenvalue weighted by molar-refractivity contribution is 5.99. The molecule has 37 heavy (non-hydrogen) atoms. The molecule has 1 saturated carbocycles. The third-order valence-corrected chi connectivity index (χ3v) is 8.69. The molecule has 8 heteroatoms. The predicted octanol–water partition coefficient (Wildman–Crippen LogP) is 2.65. The molecule has 0 unspecified atom stereocenters. The van der Waals surface area contributed by atoms with Gasteiger partial charge >= 0.3 is 0 Å². The van der Waals surface area contributed by atoms with Gasteiger partial charge in [-0.2, -0.15) is 0 Å². The zero-order valence-corrected chi connectivity index (χ0v) is 22.5. The van der Waals surface area contributed by atoms with Gasteiger partial charge in [-0.05, 0) is 67.8 Å². The van der Waals surface area contributed by atoms with E-state index in [9.17, 15) is 14.4 Å². The molecule has 2 amide bonds. The van der Waals surface area contributed by atoms with Crippen LogP contribution in [0.2, 0.25) is 0 Å². The summed E-state index contributed by atoms with van der Waals surface area (Å²) in [5.74, 6) is -0.139. The fourth-order valence-electron chi connectivity index (χ4n) is 6.70. The van der Waals surface area contributed by atoms with Crippen molar-refractivity contribution in [2.45, 2.75) is 64.5 Å². The number of primary amides is 1. The van der Waals surface area contributed by atoms with Crippen molar-refractivity contribution in [2.75, 3.05) is 50.8 Å². The number of amides is 2. The van der Waals surface area contributed by atoms with Gasteiger partial charge in [0.25, 0.3) is 0 Å². The van der Waals surface area contributed by atoms with Crippen molar-refractivity contribution in [3.05, 3.63) is 29.3 Å². The van der Waals surface area contributed by atoms with E-state index >= 15 is 0 Å². The summed E-state index contributed by atoms with van der Waals surface area (Å²) in [5.41, 5.74) is 7.95. The van der Waals surface area contributed by atoms with Gasteiger partial charge in [0, 0.05) is 49.9 Å². The van der Waals surface area contributed by atoms with Gasteiger partial charge in [0.15, 0.2) is 5.78 Å². The number of piperazine rings is 1. The van der Waals surface area contributed by atoms with E-state index in [-0.39, 0.29) is 36.2 Å². The average Bonchev–Trinajstić information content (AvgIpc) is 3.55. The summed E-state index contributed by atoms with van der Waals surface area (Å²) in [5, 5.41) is 0. The van der Waals surface area contributed by atoms with E-state index in [1.54, 1.807) is 11.0 Å². The standard InChI is InChI=1S/C29H42N4O4/c1-4-9-31-10-12-32(13-11-31)20-7-8-21(28(30)35)22(15-20)23(14-18(2)3)29(36)33-16-24(19-5-6-19)27-26(33)25(34)17-37-27/h7-8,15,18-19,23-24,26-27H,4-6,9-14,16-17H2,1-3H3,(H2,30,35)/t23-,24+,26+,27+/m0/s1. The van der Waals surface area contributed by atoms with Crippen LogP contribution in [0.15, 0.2) is 18.2 Å². The van der Waals surface area contributed by atoms with Crippen LogP contribution in [-0.4, -0.2) is 85.4 Å². The molecule has 1 aromatic rings. The lowest BCUT2D eigenvalue weighted by atomic mass is 9.85. The van der Waals surface area contributed by atoms with Crippen molar-refractivity contribution in [1.29, 1.82) is 0 Å². The predicted molar refractivity (Wildman–Crippen MR) is 143 cm³/mol. The minimum atomic E-state index is -0.532. The number of Topliss-reactive ketones (excluding diaryl/α,β-unsaturated/α-hetero) is 1. The molecule has 4 aliphatic rings. The van der Waals surface area contributed by atoms with Crippen molar-refractivity contribution < 1.29 is 19.1 Å². The van der Waals surface area contributed by atoms with E-state index in [0.717, 1.165) is 57.7 Å². The lowest BCUT2D eigenvalue weighted by molar-refractivity contribution is -0.138. The molecule has 0 bridgehead atoms. The number of hydrogen-bond donors (Lipinski definition) is 1. The maximum Gasteiger partial charge on any atom is 0.249 e. The fourth-order valence-corrected chi connectivity index (χ4v) is 6.70. The normalized spacial score (nSPS) is 27.1. The molecule has 0 aromatic heterocycles. The van der Waals surface area contributed by atoms with Gasteiger partial charge in [-0.15, -0.1) is 0 Å². The van der Waals surface area contributed by atoms with Crippen LogP contribution in [0.1, 0.15) is 68.3 Å². The Morgan fingerprint density at radius 3 is 2.49 bits per heavy atom. The molecule has 4 fully saturated rings. The van der Waals surface area contributed by atoms with Crippen molar-refractivity contribution in [1.82, 2.24) is 9.80 Å². The van der Waals surface area contributed by atoms with Gasteiger partial charge in [-0.25, -0.2) is 0 Å². The van der Waals surface area contributed by atoms with E-state index in [2.05, 4.69) is 30.6 Å². The summed E-state index contributed by atoms with van der Waals surface area (Å²) < 4.78 is 5.91. The highest BCUT2D eigenvalue weighted by atomic mass is 16.5. The van der Waals surface area contributed by atoms with Gasteiger partial charge in [-0.3, -0.25) is 19.3 Å². The number of rotatable bonds is 9. The first-order chi connectivity index (χ1) is 17.8. The van der Waals surface area contributed by atoms with Crippen LogP contribution in [0.3, 0.4) is 0 Å². The summed E-state index contributed by atoms with van der Waals surface area (Å²) in [7, 11) is 0. The van der Waals surface area contributed by atoms with Crippen molar-refractivity contribution in [3.63, 3.8) is 0 Å². The van der Waals surface area contributed by atoms with Crippen LogP contribution >= 0.6 is 0 Å². The first kappa shape index (κ1) is 26.2. The Hall–Kier alpha value is -2.45. The Bertz CT molecular complexity index is 1030. The zero-order chi connectivity index (χ0) is 26.3. The average molecular weight is 511 g/mol. The highest BCUT2D eigenvalue weighted by Crippen LogP contribution is 2.47. The number of ether oxygens (including phenoxy) is 1. The molecule has 8 nitrogen and oxygen atoms in total. The van der Waals surface area contributed by atoms with Crippen LogP contribution in [0.4, 0.5) is 5.69 Å². The first-order valence-corrected chi connectivity index (χ1v) is 14.1. The van der Waals surface area contributed by atoms with E-state index < -0.39 is 17.9 Å². The van der Waals surface area contributed by atoms with Crippen molar-refractivity contribution >= 4 is 23.3 Å². The van der Waals surface area contributed by atoms with Crippen LogP contribution < -0.4 is 10.6 Å². The maximum absolute atomic E-state index is 14.3. The van der Waals surface area contributed by atoms with Gasteiger partial charge in [-0.1, -0.05) is 20.8 Å². The number of ketones is 1. The SMILES string of the molecule is CCCN1CCN(c2ccc(C(N)=O)c([C@H](CC(C)C)C(=O)N3C[C@H](C4CC4)[C@H]4OCC(=O)[C@H]43)c2)CC1. The number of anilines is 1. The van der Waals surface area contributed by atoms with Crippen LogP contribution in [0.25, 0.3) is 0 Å². The summed E-state index contributed by atoms with van der Waals surface area (Å²) in [6.45, 7) is 11.9. The minimum absolute atomic E-state index is 0.00128. The largest absolute Gasteiger partial charge is 0.369 e. The van der Waals surface area contributed by atoms with Crippen molar-refractivity contribution in [2.24, 2.45) is 23.5 Å². The Labute approximate surface area is 220 Å². The summed E-state index contributed by atoms with van der Waals surface area (Å²) in [4.78, 5) is 46.3. The minimum Gasteiger partial charge on any atom is -0.369 e. The fraction of sp³-hybridized carbons (Fsp3) is 0.690. The Morgan fingerprint density at radius 1 is 1.14 bits per heavy atom. The second-order valence-electron chi connectivity index (χ2n) is 11.8. The summed E-state index contributed by atoms with van der Waals surface area (Å²) in [6.07, 6.45) is 3.82. The number of benzene rings is 1. The summed E-state index contributed by atoms with van der Waals surface area (Å²) >= 11 is 0. The van der Waals surface area contributed by atoms with E-state index in [4.69, 9.17) is 10.5 Å². The molecule has 3 saturated heterocycles. The number of hydrogen-bond acceptors (Lipinski definition) is 6. The molecule has 1 aromatic carbocycles. The smallest absolute Gasteiger partial charge is 0.249 e. The number of likely N-dealkylation sites (tertiary alicyclic amines) is 1. The molecule has 5 rings (SSSR count). The Kier molecular flexibility index (Phi) is 7.59. The highest BCUT2D eigenvalue weighted by Gasteiger charge is 2.56. The quantitative estimate of drug-likeness (QED) is 0.549. The molecule has 3 aliphatic heterocycles. The molecule has 202 valence electrons. The molecule has 4 atom stereocenters. The molecule has 2 N–H and O–H groups in total. The van der Waals surface area contributed by atoms with Gasteiger partial charge < -0.3 is 20.3 Å². The number of nitrogens with zero attached hydrogens (tertiary/aromatic N) is 3. The third-order valence-electron chi connectivity index (χ3n) is 8.69. The topological polar surface area (TPSA) is 96.2 Å². The second-order valence-corrected chi connectivity index (χ2v) is 11.8. The number of nitrogens with two attached hydrogens (primary N) is 1. The van der Waals surface area contributed by atoms with Crippen LogP contribution in [0, 0.1) is 17.8 Å². The Balaban J connectivity index is 1.46. The number of fused-ring (bicyclic) bond motifs is 1. The van der Waals surface area contributed by atoms with E-state index in [0.29, 0.717) is 30.0 Å².